The van der Waals surface area contributed by atoms with E-state index in [1.165, 1.54) is 0 Å². The summed E-state index contributed by atoms with van der Waals surface area (Å²) in [6.07, 6.45) is -6.91. The number of alkyl halides is 11. The van der Waals surface area contributed by atoms with Crippen LogP contribution in [0.25, 0.3) is 0 Å². The third-order valence-corrected chi connectivity index (χ3v) is 2.23. The SMILES string of the molecule is FC(I)C(F)(F)C(F)(F)C(F)(F)C(F)(F)F. The van der Waals surface area contributed by atoms with Gasteiger partial charge in [-0.05, 0) is 22.6 Å². The normalized spacial score (nSPS) is 17.4. The molecule has 0 heterocycles. The van der Waals surface area contributed by atoms with E-state index in [1.54, 1.807) is 0 Å². The quantitative estimate of drug-likeness (QED) is 0.393. The highest BCUT2D eigenvalue weighted by Crippen LogP contribution is 2.55. The molecule has 0 radical (unpaired) electrons. The molecule has 0 saturated carbocycles. The molecule has 16 heavy (non-hydrogen) atoms. The second kappa shape index (κ2) is 4.05. The van der Waals surface area contributed by atoms with E-state index in [4.69, 9.17) is 0 Å². The molecule has 0 fully saturated rings. The molecule has 0 N–H and O–H groups in total. The largest absolute Gasteiger partial charge is 0.460 e. The zero-order chi connectivity index (χ0) is 13.6. The standard InChI is InChI=1S/C5HF10I/c6-1(16)2(7,8)3(9,10)4(11,12)5(13,14)15/h1H. The fourth-order valence-electron chi connectivity index (χ4n) is 0.524. The minimum Gasteiger partial charge on any atom is -0.229 e. The Bertz CT molecular complexity index is 252. The monoisotopic (exact) mass is 378 g/mol. The van der Waals surface area contributed by atoms with Crippen LogP contribution in [0.5, 0.6) is 0 Å². The third kappa shape index (κ3) is 2.18. The van der Waals surface area contributed by atoms with E-state index >= 15 is 0 Å². The summed E-state index contributed by atoms with van der Waals surface area (Å²) in [7, 11) is 0. The summed E-state index contributed by atoms with van der Waals surface area (Å²) in [6, 6.07) is 0. The van der Waals surface area contributed by atoms with E-state index in [2.05, 4.69) is 0 Å². The van der Waals surface area contributed by atoms with Crippen molar-refractivity contribution in [1.29, 1.82) is 0 Å². The summed E-state index contributed by atoms with van der Waals surface area (Å²) in [4.78, 5) is 0. The molecule has 0 aromatic rings. The van der Waals surface area contributed by atoms with E-state index in [9.17, 15) is 43.9 Å². The number of hydrogen-bond acceptors (Lipinski definition) is 0. The van der Waals surface area contributed by atoms with Crippen LogP contribution in [0.15, 0.2) is 0 Å². The molecule has 0 rings (SSSR count). The summed E-state index contributed by atoms with van der Waals surface area (Å²) in [5.41, 5.74) is 0. The number of halogens is 11. The Labute approximate surface area is 95.1 Å². The predicted octanol–water partition coefficient (Wildman–Crippen LogP) is 4.19. The maximum absolute atomic E-state index is 12.3. The first-order valence-corrected chi connectivity index (χ1v) is 4.42. The molecule has 1 unspecified atom stereocenters. The lowest BCUT2D eigenvalue weighted by atomic mass is 10.1. The van der Waals surface area contributed by atoms with Crippen molar-refractivity contribution >= 4 is 22.6 Å². The van der Waals surface area contributed by atoms with Gasteiger partial charge in [0.25, 0.3) is 0 Å². The average molecular weight is 378 g/mol. The first-order valence-electron chi connectivity index (χ1n) is 3.18. The summed E-state index contributed by atoms with van der Waals surface area (Å²) >= 11 is -0.0187. The zero-order valence-corrected chi connectivity index (χ0v) is 8.89. The van der Waals surface area contributed by atoms with Crippen molar-refractivity contribution in [2.45, 2.75) is 28.1 Å². The molecule has 0 aliphatic rings. The molecule has 0 aliphatic heterocycles. The van der Waals surface area contributed by atoms with Crippen molar-refractivity contribution in [3.8, 4) is 0 Å². The van der Waals surface area contributed by atoms with Crippen molar-refractivity contribution in [2.75, 3.05) is 0 Å². The lowest BCUT2D eigenvalue weighted by Crippen LogP contribution is -2.62. The molecule has 0 aromatic carbocycles. The van der Waals surface area contributed by atoms with Gasteiger partial charge in [0, 0.05) is 0 Å². The highest BCUT2D eigenvalue weighted by Gasteiger charge is 2.83. The summed E-state index contributed by atoms with van der Waals surface area (Å²) in [6.45, 7) is 0. The van der Waals surface area contributed by atoms with Gasteiger partial charge in [-0.2, -0.15) is 39.5 Å². The lowest BCUT2D eigenvalue weighted by molar-refractivity contribution is -0.398. The first kappa shape index (κ1) is 16.0. The van der Waals surface area contributed by atoms with E-state index in [0.29, 0.717) is 0 Å². The molecule has 1 atom stereocenters. The highest BCUT2D eigenvalue weighted by molar-refractivity contribution is 14.1. The minimum atomic E-state index is -7.03. The van der Waals surface area contributed by atoms with Gasteiger partial charge in [-0.1, -0.05) is 0 Å². The molecular weight excluding hydrogens is 377 g/mol. The topological polar surface area (TPSA) is 0 Å². The number of rotatable bonds is 3. The molecular formula is C5HF10I. The maximum atomic E-state index is 12.3. The van der Waals surface area contributed by atoms with Gasteiger partial charge in [0.2, 0.25) is 4.18 Å². The predicted molar refractivity (Wildman–Crippen MR) is 39.8 cm³/mol. The van der Waals surface area contributed by atoms with Crippen LogP contribution in [-0.2, 0) is 0 Å². The van der Waals surface area contributed by atoms with Gasteiger partial charge >= 0.3 is 23.9 Å². The minimum absolute atomic E-state index is 0.0187. The molecule has 0 aliphatic carbocycles. The Morgan fingerprint density at radius 3 is 1.19 bits per heavy atom. The van der Waals surface area contributed by atoms with Crippen molar-refractivity contribution in [3.05, 3.63) is 0 Å². The van der Waals surface area contributed by atoms with Gasteiger partial charge in [0.05, 0.1) is 0 Å². The first-order chi connectivity index (χ1) is 6.69. The van der Waals surface area contributed by atoms with Gasteiger partial charge in [-0.3, -0.25) is 0 Å². The van der Waals surface area contributed by atoms with Crippen LogP contribution < -0.4 is 0 Å². The second-order valence-electron chi connectivity index (χ2n) is 2.57. The molecule has 0 saturated heterocycles. The van der Waals surface area contributed by atoms with Gasteiger partial charge in [0.1, 0.15) is 0 Å². The Kier molecular flexibility index (Phi) is 4.06. The summed E-state index contributed by atoms with van der Waals surface area (Å²) < 4.78 is 115. The Morgan fingerprint density at radius 1 is 0.688 bits per heavy atom. The summed E-state index contributed by atoms with van der Waals surface area (Å²) in [5, 5.41) is 0. The van der Waals surface area contributed by atoms with Crippen molar-refractivity contribution in [3.63, 3.8) is 0 Å². The van der Waals surface area contributed by atoms with Crippen molar-refractivity contribution in [1.82, 2.24) is 0 Å². The van der Waals surface area contributed by atoms with Crippen LogP contribution in [-0.4, -0.2) is 28.1 Å². The van der Waals surface area contributed by atoms with Crippen LogP contribution >= 0.6 is 22.6 Å². The highest BCUT2D eigenvalue weighted by atomic mass is 127. The Morgan fingerprint density at radius 2 is 1.00 bits per heavy atom. The van der Waals surface area contributed by atoms with Gasteiger partial charge < -0.3 is 0 Å². The fourth-order valence-corrected chi connectivity index (χ4v) is 0.915. The van der Waals surface area contributed by atoms with Gasteiger partial charge in [0.15, 0.2) is 0 Å². The molecule has 0 bridgehead atoms. The molecule has 0 aromatic heterocycles. The van der Waals surface area contributed by atoms with Crippen molar-refractivity contribution in [2.24, 2.45) is 0 Å². The molecule has 11 heteroatoms. The molecule has 0 amide bonds. The van der Waals surface area contributed by atoms with Crippen LogP contribution in [0, 0.1) is 0 Å². The van der Waals surface area contributed by atoms with E-state index in [-0.39, 0.29) is 22.6 Å². The lowest BCUT2D eigenvalue weighted by Gasteiger charge is -2.33. The molecule has 0 spiro atoms. The summed E-state index contributed by atoms with van der Waals surface area (Å²) in [5.74, 6) is -20.1. The number of hydrogen-bond donors (Lipinski definition) is 0. The van der Waals surface area contributed by atoms with Gasteiger partial charge in [-0.15, -0.1) is 0 Å². The van der Waals surface area contributed by atoms with Crippen LogP contribution in [0.4, 0.5) is 43.9 Å². The third-order valence-electron chi connectivity index (χ3n) is 1.44. The Hall–Kier alpha value is 0.0300. The average Bonchev–Trinajstić information content (AvgIpc) is 2.00. The van der Waals surface area contributed by atoms with Gasteiger partial charge in [-0.25, -0.2) is 4.39 Å². The van der Waals surface area contributed by atoms with E-state index in [1.807, 2.05) is 0 Å². The van der Waals surface area contributed by atoms with Crippen LogP contribution in [0.1, 0.15) is 0 Å². The molecule has 0 nitrogen and oxygen atoms in total. The van der Waals surface area contributed by atoms with E-state index in [0.717, 1.165) is 0 Å². The molecule has 98 valence electrons. The van der Waals surface area contributed by atoms with Crippen LogP contribution in [0.3, 0.4) is 0 Å². The maximum Gasteiger partial charge on any atom is 0.460 e. The Balaban J connectivity index is 5.53. The van der Waals surface area contributed by atoms with Crippen molar-refractivity contribution < 1.29 is 43.9 Å². The second-order valence-corrected chi connectivity index (χ2v) is 3.66. The smallest absolute Gasteiger partial charge is 0.229 e. The van der Waals surface area contributed by atoms with Crippen LogP contribution in [0.2, 0.25) is 0 Å². The fraction of sp³-hybridized carbons (Fsp3) is 1.00. The zero-order valence-electron chi connectivity index (χ0n) is 6.73. The van der Waals surface area contributed by atoms with E-state index < -0.39 is 28.1 Å².